The van der Waals surface area contributed by atoms with Crippen molar-refractivity contribution in [3.63, 3.8) is 0 Å². The number of carbonyl (C=O) groups excluding carboxylic acids is 1. The number of hydrogen-bond acceptors (Lipinski definition) is 4. The Morgan fingerprint density at radius 2 is 2.41 bits per heavy atom. The first-order chi connectivity index (χ1) is 8.06. The predicted octanol–water partition coefficient (Wildman–Crippen LogP) is -0.523. The SMILES string of the molecule is CNCCN(C)/C(N)=C/C=C1\CNC(=O)N1C. The van der Waals surface area contributed by atoms with Gasteiger partial charge in [-0.1, -0.05) is 0 Å². The third kappa shape index (κ3) is 3.67. The van der Waals surface area contributed by atoms with Crippen molar-refractivity contribution in [2.75, 3.05) is 40.8 Å². The highest BCUT2D eigenvalue weighted by atomic mass is 16.2. The molecule has 0 bridgehead atoms. The summed E-state index contributed by atoms with van der Waals surface area (Å²) in [5.41, 5.74) is 6.82. The third-order valence-electron chi connectivity index (χ3n) is 2.74. The van der Waals surface area contributed by atoms with Crippen molar-refractivity contribution < 1.29 is 4.79 Å². The molecule has 1 fully saturated rings. The van der Waals surface area contributed by atoms with Crippen LogP contribution in [-0.4, -0.2) is 56.6 Å². The van der Waals surface area contributed by atoms with Crippen molar-refractivity contribution in [3.8, 4) is 0 Å². The first-order valence-corrected chi connectivity index (χ1v) is 5.60. The van der Waals surface area contributed by atoms with Gasteiger partial charge in [0, 0.05) is 32.9 Å². The summed E-state index contributed by atoms with van der Waals surface area (Å²) in [5, 5.41) is 5.79. The van der Waals surface area contributed by atoms with Crippen LogP contribution in [0.15, 0.2) is 23.7 Å². The topological polar surface area (TPSA) is 73.6 Å². The minimum absolute atomic E-state index is 0.0771. The zero-order valence-electron chi connectivity index (χ0n) is 10.7. The quantitative estimate of drug-likeness (QED) is 0.603. The lowest BCUT2D eigenvalue weighted by atomic mass is 10.3. The molecule has 96 valence electrons. The normalized spacial score (nSPS) is 18.8. The van der Waals surface area contributed by atoms with Gasteiger partial charge in [-0.15, -0.1) is 0 Å². The maximum atomic E-state index is 11.2. The van der Waals surface area contributed by atoms with E-state index in [0.717, 1.165) is 18.8 Å². The van der Waals surface area contributed by atoms with Crippen molar-refractivity contribution in [2.24, 2.45) is 5.73 Å². The average molecular weight is 239 g/mol. The molecule has 0 radical (unpaired) electrons. The second kappa shape index (κ2) is 6.15. The number of nitrogens with zero attached hydrogens (tertiary/aromatic N) is 2. The number of likely N-dealkylation sites (N-methyl/N-ethyl adjacent to an activating group) is 3. The van der Waals surface area contributed by atoms with Gasteiger partial charge in [0.15, 0.2) is 0 Å². The van der Waals surface area contributed by atoms with E-state index in [1.54, 1.807) is 11.9 Å². The van der Waals surface area contributed by atoms with Crippen molar-refractivity contribution in [2.45, 2.75) is 0 Å². The summed E-state index contributed by atoms with van der Waals surface area (Å²) in [6, 6.07) is -0.0771. The second-order valence-corrected chi connectivity index (χ2v) is 3.99. The fourth-order valence-electron chi connectivity index (χ4n) is 1.42. The molecular formula is C11H21N5O. The van der Waals surface area contributed by atoms with Crippen LogP contribution in [0.3, 0.4) is 0 Å². The van der Waals surface area contributed by atoms with Crippen LogP contribution in [0.5, 0.6) is 0 Å². The van der Waals surface area contributed by atoms with E-state index in [-0.39, 0.29) is 6.03 Å². The molecule has 2 amide bonds. The Morgan fingerprint density at radius 1 is 1.71 bits per heavy atom. The number of nitrogens with one attached hydrogen (secondary N) is 2. The Hall–Kier alpha value is -1.69. The monoisotopic (exact) mass is 239 g/mol. The smallest absolute Gasteiger partial charge is 0.321 e. The Labute approximate surface area is 102 Å². The van der Waals surface area contributed by atoms with Crippen LogP contribution in [0.25, 0.3) is 0 Å². The summed E-state index contributed by atoms with van der Waals surface area (Å²) in [5.74, 6) is 0.681. The zero-order valence-corrected chi connectivity index (χ0v) is 10.7. The summed E-state index contributed by atoms with van der Waals surface area (Å²) in [6.45, 7) is 2.27. The predicted molar refractivity (Wildman–Crippen MR) is 68.1 cm³/mol. The van der Waals surface area contributed by atoms with E-state index in [1.807, 2.05) is 31.1 Å². The lowest BCUT2D eigenvalue weighted by Gasteiger charge is -2.18. The molecule has 1 saturated heterocycles. The first-order valence-electron chi connectivity index (χ1n) is 5.60. The average Bonchev–Trinajstić information content (AvgIpc) is 2.64. The van der Waals surface area contributed by atoms with Gasteiger partial charge in [0.2, 0.25) is 0 Å². The van der Waals surface area contributed by atoms with Crippen LogP contribution in [0.1, 0.15) is 0 Å². The van der Waals surface area contributed by atoms with Gasteiger partial charge in [0.1, 0.15) is 0 Å². The first kappa shape index (κ1) is 13.4. The summed E-state index contributed by atoms with van der Waals surface area (Å²) < 4.78 is 0. The molecule has 0 unspecified atom stereocenters. The molecule has 0 atom stereocenters. The highest BCUT2D eigenvalue weighted by Gasteiger charge is 2.19. The maximum absolute atomic E-state index is 11.2. The largest absolute Gasteiger partial charge is 0.385 e. The molecule has 0 spiro atoms. The minimum Gasteiger partial charge on any atom is -0.385 e. The summed E-state index contributed by atoms with van der Waals surface area (Å²) in [7, 11) is 5.58. The van der Waals surface area contributed by atoms with Crippen LogP contribution < -0.4 is 16.4 Å². The highest BCUT2D eigenvalue weighted by molar-refractivity contribution is 5.79. The Kier molecular flexibility index (Phi) is 4.84. The van der Waals surface area contributed by atoms with Crippen LogP contribution >= 0.6 is 0 Å². The van der Waals surface area contributed by atoms with Gasteiger partial charge in [-0.25, -0.2) is 4.79 Å². The van der Waals surface area contributed by atoms with E-state index in [4.69, 9.17) is 5.73 Å². The lowest BCUT2D eigenvalue weighted by Crippen LogP contribution is -2.30. The lowest BCUT2D eigenvalue weighted by molar-refractivity contribution is 0.230. The number of urea groups is 1. The van der Waals surface area contributed by atoms with E-state index in [9.17, 15) is 4.79 Å². The van der Waals surface area contributed by atoms with Crippen molar-refractivity contribution >= 4 is 6.03 Å². The number of allylic oxidation sites excluding steroid dienone is 2. The Balaban J connectivity index is 2.57. The molecule has 0 aromatic carbocycles. The third-order valence-corrected chi connectivity index (χ3v) is 2.74. The van der Waals surface area contributed by atoms with Crippen molar-refractivity contribution in [1.82, 2.24) is 20.4 Å². The Bertz CT molecular complexity index is 337. The molecule has 1 aliphatic rings. The maximum Gasteiger partial charge on any atom is 0.321 e. The van der Waals surface area contributed by atoms with Gasteiger partial charge >= 0.3 is 6.03 Å². The molecule has 0 aromatic heterocycles. The molecule has 1 aliphatic heterocycles. The van der Waals surface area contributed by atoms with Gasteiger partial charge in [-0.2, -0.15) is 0 Å². The fraction of sp³-hybridized carbons (Fsp3) is 0.545. The number of rotatable bonds is 5. The number of carbonyl (C=O) groups is 1. The molecule has 1 heterocycles. The zero-order chi connectivity index (χ0) is 12.8. The van der Waals surface area contributed by atoms with Crippen LogP contribution in [-0.2, 0) is 0 Å². The molecule has 6 nitrogen and oxygen atoms in total. The molecule has 1 rings (SSSR count). The van der Waals surface area contributed by atoms with Crippen LogP contribution in [0.2, 0.25) is 0 Å². The summed E-state index contributed by atoms with van der Waals surface area (Å²) >= 11 is 0. The van der Waals surface area contributed by atoms with Gasteiger partial charge in [0.05, 0.1) is 12.4 Å². The molecular weight excluding hydrogens is 218 g/mol. The van der Waals surface area contributed by atoms with Gasteiger partial charge < -0.3 is 21.3 Å². The van der Waals surface area contributed by atoms with E-state index in [0.29, 0.717) is 12.4 Å². The van der Waals surface area contributed by atoms with Crippen LogP contribution in [0, 0.1) is 0 Å². The summed E-state index contributed by atoms with van der Waals surface area (Å²) in [6.07, 6.45) is 3.69. The van der Waals surface area contributed by atoms with E-state index in [2.05, 4.69) is 10.6 Å². The molecule has 0 aromatic rings. The van der Waals surface area contributed by atoms with Gasteiger partial charge in [0.25, 0.3) is 0 Å². The molecule has 4 N–H and O–H groups in total. The minimum atomic E-state index is -0.0771. The van der Waals surface area contributed by atoms with Crippen LogP contribution in [0.4, 0.5) is 4.79 Å². The summed E-state index contributed by atoms with van der Waals surface area (Å²) in [4.78, 5) is 14.7. The highest BCUT2D eigenvalue weighted by Crippen LogP contribution is 2.08. The Morgan fingerprint density at radius 3 is 2.94 bits per heavy atom. The molecule has 0 saturated carbocycles. The van der Waals surface area contributed by atoms with Gasteiger partial charge in [-0.3, -0.25) is 4.90 Å². The second-order valence-electron chi connectivity index (χ2n) is 3.99. The standard InChI is InChI=1S/C11H21N5O/c1-13-6-7-15(2)10(12)5-4-9-8-14-11(17)16(9)3/h4-5,13H,6-8,12H2,1-3H3,(H,14,17)/b9-4+,10-5+. The number of hydrogen-bond donors (Lipinski definition) is 3. The fourth-order valence-corrected chi connectivity index (χ4v) is 1.42. The van der Waals surface area contributed by atoms with E-state index >= 15 is 0 Å². The van der Waals surface area contributed by atoms with E-state index < -0.39 is 0 Å². The number of nitrogens with two attached hydrogens (primary N) is 1. The molecule has 0 aliphatic carbocycles. The molecule has 17 heavy (non-hydrogen) atoms. The van der Waals surface area contributed by atoms with Crippen molar-refractivity contribution in [1.29, 1.82) is 0 Å². The molecule has 6 heteroatoms. The van der Waals surface area contributed by atoms with Gasteiger partial charge in [-0.05, 0) is 19.2 Å². The van der Waals surface area contributed by atoms with Crippen molar-refractivity contribution in [3.05, 3.63) is 23.7 Å². The van der Waals surface area contributed by atoms with E-state index in [1.165, 1.54) is 0 Å². The number of amides is 2.